The van der Waals surface area contributed by atoms with E-state index in [0.29, 0.717) is 12.3 Å². The molecule has 0 aromatic carbocycles. The maximum absolute atomic E-state index is 11.2. The molecule has 0 spiro atoms. The van der Waals surface area contributed by atoms with Gasteiger partial charge in [0.05, 0.1) is 0 Å². The van der Waals surface area contributed by atoms with Crippen LogP contribution in [-0.4, -0.2) is 23.9 Å². The molecule has 1 heterocycles. The Hall–Kier alpha value is -0.530. The summed E-state index contributed by atoms with van der Waals surface area (Å²) in [4.78, 5) is 13.2. The van der Waals surface area contributed by atoms with Crippen LogP contribution in [0.25, 0.3) is 0 Å². The van der Waals surface area contributed by atoms with E-state index in [0.717, 1.165) is 19.0 Å². The molecule has 0 aliphatic carbocycles. The van der Waals surface area contributed by atoms with Crippen LogP contribution in [0.4, 0.5) is 0 Å². The van der Waals surface area contributed by atoms with Gasteiger partial charge in [-0.3, -0.25) is 4.79 Å². The van der Waals surface area contributed by atoms with Crippen molar-refractivity contribution < 1.29 is 4.79 Å². The Morgan fingerprint density at radius 1 is 1.55 bits per heavy atom. The predicted octanol–water partition coefficient (Wildman–Crippen LogP) is 1.65. The highest BCUT2D eigenvalue weighted by molar-refractivity contribution is 5.76. The number of hydrogen-bond acceptors (Lipinski definition) is 1. The summed E-state index contributed by atoms with van der Waals surface area (Å²) < 4.78 is 0. The predicted molar refractivity (Wildman–Crippen MR) is 45.3 cm³/mol. The minimum absolute atomic E-state index is 0.320. The van der Waals surface area contributed by atoms with Crippen LogP contribution < -0.4 is 0 Å². The van der Waals surface area contributed by atoms with E-state index in [1.807, 2.05) is 11.8 Å². The van der Waals surface area contributed by atoms with E-state index in [2.05, 4.69) is 6.92 Å². The maximum Gasteiger partial charge on any atom is 0.222 e. The zero-order chi connectivity index (χ0) is 8.27. The molecule has 64 valence electrons. The van der Waals surface area contributed by atoms with E-state index in [1.54, 1.807) is 0 Å². The lowest BCUT2D eigenvalue weighted by molar-refractivity contribution is -0.129. The van der Waals surface area contributed by atoms with Crippen molar-refractivity contribution in [3.63, 3.8) is 0 Å². The van der Waals surface area contributed by atoms with Gasteiger partial charge in [-0.05, 0) is 12.3 Å². The highest BCUT2D eigenvalue weighted by Gasteiger charge is 2.23. The van der Waals surface area contributed by atoms with Gasteiger partial charge in [0.1, 0.15) is 0 Å². The van der Waals surface area contributed by atoms with E-state index in [4.69, 9.17) is 0 Å². The molecule has 2 heteroatoms. The Kier molecular flexibility index (Phi) is 2.92. The molecule has 0 N–H and O–H groups in total. The molecule has 1 saturated heterocycles. The Morgan fingerprint density at radius 3 is 2.73 bits per heavy atom. The number of hydrogen-bond donors (Lipinski definition) is 0. The van der Waals surface area contributed by atoms with Crippen LogP contribution in [0.15, 0.2) is 0 Å². The fourth-order valence-corrected chi connectivity index (χ4v) is 1.62. The first-order valence-corrected chi connectivity index (χ1v) is 4.55. The summed E-state index contributed by atoms with van der Waals surface area (Å²) in [5.74, 6) is 1.09. The summed E-state index contributed by atoms with van der Waals surface area (Å²) in [7, 11) is 0. The second-order valence-corrected chi connectivity index (χ2v) is 3.26. The van der Waals surface area contributed by atoms with E-state index in [-0.39, 0.29) is 0 Å². The van der Waals surface area contributed by atoms with Crippen LogP contribution in [0.1, 0.15) is 33.1 Å². The Bertz CT molecular complexity index is 144. The van der Waals surface area contributed by atoms with Crippen molar-refractivity contribution in [2.45, 2.75) is 33.1 Å². The fraction of sp³-hybridized carbons (Fsp3) is 0.889. The fourth-order valence-electron chi connectivity index (χ4n) is 1.62. The normalized spacial score (nSPS) is 24.2. The molecule has 1 rings (SSSR count). The number of rotatable bonds is 2. The van der Waals surface area contributed by atoms with Crippen molar-refractivity contribution in [1.82, 2.24) is 4.90 Å². The van der Waals surface area contributed by atoms with Crippen molar-refractivity contribution in [3.05, 3.63) is 0 Å². The molecular weight excluding hydrogens is 138 g/mol. The van der Waals surface area contributed by atoms with Crippen molar-refractivity contribution >= 4 is 5.91 Å². The van der Waals surface area contributed by atoms with Crippen LogP contribution >= 0.6 is 0 Å². The molecule has 0 bridgehead atoms. The van der Waals surface area contributed by atoms with Gasteiger partial charge in [-0.15, -0.1) is 0 Å². The zero-order valence-corrected chi connectivity index (χ0v) is 7.47. The number of carbonyl (C=O) groups excluding carboxylic acids is 1. The summed E-state index contributed by atoms with van der Waals surface area (Å²) in [5.41, 5.74) is 0. The van der Waals surface area contributed by atoms with E-state index < -0.39 is 0 Å². The third kappa shape index (κ3) is 1.95. The topological polar surface area (TPSA) is 20.3 Å². The van der Waals surface area contributed by atoms with E-state index in [9.17, 15) is 4.79 Å². The molecule has 1 fully saturated rings. The SMILES string of the molecule is CCC(=O)N1CC[C@H](CC)C1. The van der Waals surface area contributed by atoms with Gasteiger partial charge >= 0.3 is 0 Å². The Labute approximate surface area is 68.6 Å². The van der Waals surface area contributed by atoms with Gasteiger partial charge in [-0.25, -0.2) is 0 Å². The molecule has 1 amide bonds. The minimum atomic E-state index is 0.320. The van der Waals surface area contributed by atoms with Crippen molar-refractivity contribution in [3.8, 4) is 0 Å². The van der Waals surface area contributed by atoms with Gasteiger partial charge in [-0.1, -0.05) is 20.3 Å². The third-order valence-corrected chi connectivity index (χ3v) is 2.52. The second-order valence-electron chi connectivity index (χ2n) is 3.26. The lowest BCUT2D eigenvalue weighted by Crippen LogP contribution is -2.27. The monoisotopic (exact) mass is 155 g/mol. The first-order valence-electron chi connectivity index (χ1n) is 4.55. The number of amides is 1. The summed E-state index contributed by atoms with van der Waals surface area (Å²) in [5, 5.41) is 0. The van der Waals surface area contributed by atoms with Gasteiger partial charge in [0.25, 0.3) is 0 Å². The lowest BCUT2D eigenvalue weighted by atomic mass is 10.1. The van der Waals surface area contributed by atoms with Crippen molar-refractivity contribution in [2.24, 2.45) is 5.92 Å². The van der Waals surface area contributed by atoms with E-state index in [1.165, 1.54) is 12.8 Å². The molecule has 0 saturated carbocycles. The van der Waals surface area contributed by atoms with Gasteiger partial charge < -0.3 is 4.90 Å². The average molecular weight is 155 g/mol. The number of carbonyl (C=O) groups is 1. The van der Waals surface area contributed by atoms with Crippen LogP contribution in [-0.2, 0) is 4.79 Å². The average Bonchev–Trinajstić information content (AvgIpc) is 2.50. The summed E-state index contributed by atoms with van der Waals surface area (Å²) in [6.07, 6.45) is 3.09. The number of likely N-dealkylation sites (tertiary alicyclic amines) is 1. The molecule has 0 aromatic heterocycles. The van der Waals surface area contributed by atoms with Crippen molar-refractivity contribution in [2.75, 3.05) is 13.1 Å². The molecule has 0 aromatic rings. The molecule has 1 aliphatic heterocycles. The Balaban J connectivity index is 2.35. The smallest absolute Gasteiger partial charge is 0.222 e. The first-order chi connectivity index (χ1) is 5.27. The van der Waals surface area contributed by atoms with Gasteiger partial charge in [0.2, 0.25) is 5.91 Å². The van der Waals surface area contributed by atoms with Gasteiger partial charge in [-0.2, -0.15) is 0 Å². The largest absolute Gasteiger partial charge is 0.342 e. The number of nitrogens with zero attached hydrogens (tertiary/aromatic N) is 1. The summed E-state index contributed by atoms with van der Waals surface area (Å²) in [6, 6.07) is 0. The summed E-state index contributed by atoms with van der Waals surface area (Å²) in [6.45, 7) is 6.13. The van der Waals surface area contributed by atoms with Crippen LogP contribution in [0, 0.1) is 5.92 Å². The quantitative estimate of drug-likeness (QED) is 0.594. The standard InChI is InChI=1S/C9H17NO/c1-3-8-5-6-10(7-8)9(11)4-2/h8H,3-7H2,1-2H3/t8-/m0/s1. The summed E-state index contributed by atoms with van der Waals surface area (Å²) >= 11 is 0. The highest BCUT2D eigenvalue weighted by atomic mass is 16.2. The highest BCUT2D eigenvalue weighted by Crippen LogP contribution is 2.19. The van der Waals surface area contributed by atoms with Gasteiger partial charge in [0, 0.05) is 19.5 Å². The van der Waals surface area contributed by atoms with E-state index >= 15 is 0 Å². The van der Waals surface area contributed by atoms with Crippen molar-refractivity contribution in [1.29, 1.82) is 0 Å². The molecular formula is C9H17NO. The third-order valence-electron chi connectivity index (χ3n) is 2.52. The maximum atomic E-state index is 11.2. The minimum Gasteiger partial charge on any atom is -0.342 e. The molecule has 0 radical (unpaired) electrons. The first kappa shape index (κ1) is 8.57. The van der Waals surface area contributed by atoms with Crippen LogP contribution in [0.5, 0.6) is 0 Å². The zero-order valence-electron chi connectivity index (χ0n) is 7.47. The van der Waals surface area contributed by atoms with Crippen LogP contribution in [0.3, 0.4) is 0 Å². The molecule has 2 nitrogen and oxygen atoms in total. The van der Waals surface area contributed by atoms with Gasteiger partial charge in [0.15, 0.2) is 0 Å². The molecule has 0 unspecified atom stereocenters. The molecule has 11 heavy (non-hydrogen) atoms. The second kappa shape index (κ2) is 3.74. The lowest BCUT2D eigenvalue weighted by Gasteiger charge is -2.14. The molecule has 1 aliphatic rings. The Morgan fingerprint density at radius 2 is 2.27 bits per heavy atom. The molecule has 1 atom stereocenters. The van der Waals surface area contributed by atoms with Crippen LogP contribution in [0.2, 0.25) is 0 Å².